The van der Waals surface area contributed by atoms with Gasteiger partial charge in [-0.2, -0.15) is 0 Å². The molecule has 0 radical (unpaired) electrons. The van der Waals surface area contributed by atoms with E-state index < -0.39 is 0 Å². The number of hydrogen-bond acceptors (Lipinski definition) is 2. The Morgan fingerprint density at radius 3 is 2.76 bits per heavy atom. The molecular formula is C13H16ClN3. The molecule has 0 spiro atoms. The molecule has 1 aromatic carbocycles. The number of hydrogen-bond donors (Lipinski definition) is 1. The van der Waals surface area contributed by atoms with E-state index in [4.69, 9.17) is 17.3 Å². The summed E-state index contributed by atoms with van der Waals surface area (Å²) in [4.78, 5) is 4.16. The maximum atomic E-state index is 6.00. The highest BCUT2D eigenvalue weighted by molar-refractivity contribution is 6.30. The molecule has 0 bridgehead atoms. The van der Waals surface area contributed by atoms with E-state index in [0.29, 0.717) is 0 Å². The van der Waals surface area contributed by atoms with Crippen molar-refractivity contribution in [2.75, 3.05) is 0 Å². The number of halogens is 1. The van der Waals surface area contributed by atoms with Gasteiger partial charge in [0.05, 0.1) is 18.1 Å². The van der Waals surface area contributed by atoms with Crippen LogP contribution in [-0.4, -0.2) is 9.55 Å². The van der Waals surface area contributed by atoms with Crippen LogP contribution in [0.4, 0.5) is 0 Å². The summed E-state index contributed by atoms with van der Waals surface area (Å²) < 4.78 is 2.08. The van der Waals surface area contributed by atoms with Crippen molar-refractivity contribution < 1.29 is 0 Å². The van der Waals surface area contributed by atoms with E-state index in [0.717, 1.165) is 16.3 Å². The highest BCUT2D eigenvalue weighted by Gasteiger charge is 2.13. The molecule has 0 saturated carbocycles. The van der Waals surface area contributed by atoms with Crippen molar-refractivity contribution in [1.82, 2.24) is 9.55 Å². The number of nitrogens with two attached hydrogens (primary N) is 1. The molecule has 2 aromatic rings. The fourth-order valence-electron chi connectivity index (χ4n) is 1.92. The van der Waals surface area contributed by atoms with Gasteiger partial charge in [0.25, 0.3) is 0 Å². The third-order valence-electron chi connectivity index (χ3n) is 2.91. The fraction of sp³-hybridized carbons (Fsp3) is 0.308. The summed E-state index contributed by atoms with van der Waals surface area (Å²) in [5.41, 5.74) is 8.09. The maximum Gasteiger partial charge on any atom is 0.0954 e. The van der Waals surface area contributed by atoms with E-state index in [2.05, 4.69) is 22.5 Å². The van der Waals surface area contributed by atoms with E-state index in [-0.39, 0.29) is 12.1 Å². The van der Waals surface area contributed by atoms with Crippen LogP contribution >= 0.6 is 11.6 Å². The zero-order valence-corrected chi connectivity index (χ0v) is 10.7. The molecule has 4 heteroatoms. The van der Waals surface area contributed by atoms with Crippen molar-refractivity contribution in [3.63, 3.8) is 0 Å². The van der Waals surface area contributed by atoms with E-state index in [9.17, 15) is 0 Å². The van der Waals surface area contributed by atoms with Gasteiger partial charge in [-0.3, -0.25) is 0 Å². The van der Waals surface area contributed by atoms with Crippen molar-refractivity contribution in [3.8, 4) is 0 Å². The van der Waals surface area contributed by atoms with Crippen LogP contribution in [0.1, 0.15) is 37.2 Å². The van der Waals surface area contributed by atoms with Gasteiger partial charge in [0.2, 0.25) is 0 Å². The summed E-state index contributed by atoms with van der Waals surface area (Å²) >= 11 is 6.00. The second-order valence-corrected chi connectivity index (χ2v) is 4.68. The first-order chi connectivity index (χ1) is 8.09. The van der Waals surface area contributed by atoms with Crippen LogP contribution < -0.4 is 5.73 Å². The Labute approximate surface area is 106 Å². The van der Waals surface area contributed by atoms with Crippen LogP contribution in [0.2, 0.25) is 5.02 Å². The van der Waals surface area contributed by atoms with Gasteiger partial charge in [0, 0.05) is 17.3 Å². The second-order valence-electron chi connectivity index (χ2n) is 4.25. The number of imidazole rings is 1. The first kappa shape index (κ1) is 12.1. The molecule has 0 aliphatic rings. The highest BCUT2D eigenvalue weighted by Crippen LogP contribution is 2.24. The van der Waals surface area contributed by atoms with Gasteiger partial charge < -0.3 is 10.3 Å². The van der Waals surface area contributed by atoms with Gasteiger partial charge in [-0.25, -0.2) is 4.98 Å². The molecule has 2 N–H and O–H groups in total. The van der Waals surface area contributed by atoms with Crippen LogP contribution in [0.25, 0.3) is 0 Å². The average molecular weight is 250 g/mol. The Balaban J connectivity index is 2.37. The van der Waals surface area contributed by atoms with Crippen molar-refractivity contribution >= 4 is 11.6 Å². The van der Waals surface area contributed by atoms with E-state index >= 15 is 0 Å². The Morgan fingerprint density at radius 1 is 1.35 bits per heavy atom. The van der Waals surface area contributed by atoms with Crippen LogP contribution in [0.5, 0.6) is 0 Å². The minimum Gasteiger partial charge on any atom is -0.326 e. The quantitative estimate of drug-likeness (QED) is 0.908. The third-order valence-corrected chi connectivity index (χ3v) is 3.15. The van der Waals surface area contributed by atoms with Crippen LogP contribution in [0.15, 0.2) is 36.8 Å². The lowest BCUT2D eigenvalue weighted by molar-refractivity contribution is 0.582. The molecule has 1 heterocycles. The Bertz CT molecular complexity index is 505. The first-order valence-corrected chi connectivity index (χ1v) is 6.00. The van der Waals surface area contributed by atoms with E-state index in [1.54, 1.807) is 0 Å². The molecule has 17 heavy (non-hydrogen) atoms. The summed E-state index contributed by atoms with van der Waals surface area (Å²) in [6.45, 7) is 4.07. The van der Waals surface area contributed by atoms with Crippen LogP contribution in [-0.2, 0) is 0 Å². The van der Waals surface area contributed by atoms with E-state index in [1.807, 2.05) is 37.6 Å². The lowest BCUT2D eigenvalue weighted by Crippen LogP contribution is -2.15. The summed E-state index contributed by atoms with van der Waals surface area (Å²) in [5.74, 6) is 0. The van der Waals surface area contributed by atoms with E-state index in [1.165, 1.54) is 0 Å². The highest BCUT2D eigenvalue weighted by atomic mass is 35.5. The Kier molecular flexibility index (Phi) is 3.50. The summed E-state index contributed by atoms with van der Waals surface area (Å²) in [6, 6.07) is 8.00. The standard InChI is InChI=1S/C13H16ClN3/c1-9(15)13-7-16-8-17(13)10(2)11-4-3-5-12(14)6-11/h3-10H,15H2,1-2H3/t9-,10?/m1/s1. The third kappa shape index (κ3) is 2.51. The number of benzene rings is 1. The van der Waals surface area contributed by atoms with Gasteiger partial charge in [-0.05, 0) is 31.5 Å². The smallest absolute Gasteiger partial charge is 0.0954 e. The zero-order chi connectivity index (χ0) is 12.4. The predicted molar refractivity (Wildman–Crippen MR) is 70.1 cm³/mol. The predicted octanol–water partition coefficient (Wildman–Crippen LogP) is 3.17. The van der Waals surface area contributed by atoms with Crippen molar-refractivity contribution in [1.29, 1.82) is 0 Å². The maximum absolute atomic E-state index is 6.00. The molecule has 0 aliphatic carbocycles. The molecule has 3 nitrogen and oxygen atoms in total. The summed E-state index contributed by atoms with van der Waals surface area (Å²) in [5, 5.41) is 0.747. The minimum atomic E-state index is -0.0286. The summed E-state index contributed by atoms with van der Waals surface area (Å²) in [6.07, 6.45) is 3.62. The average Bonchev–Trinajstić information content (AvgIpc) is 2.77. The van der Waals surface area contributed by atoms with Crippen molar-refractivity contribution in [2.45, 2.75) is 25.9 Å². The molecule has 0 fully saturated rings. The molecule has 0 amide bonds. The van der Waals surface area contributed by atoms with Gasteiger partial charge in [-0.15, -0.1) is 0 Å². The molecule has 0 aliphatic heterocycles. The van der Waals surface area contributed by atoms with Crippen molar-refractivity contribution in [3.05, 3.63) is 53.1 Å². The Hall–Kier alpha value is -1.32. The van der Waals surface area contributed by atoms with Crippen LogP contribution in [0, 0.1) is 0 Å². The van der Waals surface area contributed by atoms with Crippen molar-refractivity contribution in [2.24, 2.45) is 5.73 Å². The second kappa shape index (κ2) is 4.90. The molecule has 2 rings (SSSR count). The lowest BCUT2D eigenvalue weighted by atomic mass is 10.1. The molecule has 1 unspecified atom stereocenters. The van der Waals surface area contributed by atoms with Crippen LogP contribution in [0.3, 0.4) is 0 Å². The lowest BCUT2D eigenvalue weighted by Gasteiger charge is -2.18. The summed E-state index contributed by atoms with van der Waals surface area (Å²) in [7, 11) is 0. The molecule has 90 valence electrons. The number of rotatable bonds is 3. The molecule has 2 atom stereocenters. The number of nitrogens with zero attached hydrogens (tertiary/aromatic N) is 2. The molecule has 0 saturated heterocycles. The largest absolute Gasteiger partial charge is 0.326 e. The zero-order valence-electron chi connectivity index (χ0n) is 9.97. The van der Waals surface area contributed by atoms with Gasteiger partial charge in [0.15, 0.2) is 0 Å². The first-order valence-electron chi connectivity index (χ1n) is 5.62. The van der Waals surface area contributed by atoms with Gasteiger partial charge in [-0.1, -0.05) is 23.7 Å². The Morgan fingerprint density at radius 2 is 2.12 bits per heavy atom. The number of aromatic nitrogens is 2. The van der Waals surface area contributed by atoms with Gasteiger partial charge in [0.1, 0.15) is 0 Å². The topological polar surface area (TPSA) is 43.8 Å². The van der Waals surface area contributed by atoms with Gasteiger partial charge >= 0.3 is 0 Å². The fourth-order valence-corrected chi connectivity index (χ4v) is 2.12. The monoisotopic (exact) mass is 249 g/mol. The SMILES string of the molecule is CC(c1cccc(Cl)c1)n1cncc1[C@@H](C)N. The molecular weight excluding hydrogens is 234 g/mol. The minimum absolute atomic E-state index is 0.0286. The molecule has 1 aromatic heterocycles. The normalized spacial score (nSPS) is 14.6.